The van der Waals surface area contributed by atoms with Crippen molar-refractivity contribution in [3.05, 3.63) is 41.4 Å². The number of rotatable bonds is 9. The second-order valence-corrected chi connectivity index (χ2v) is 8.44. The summed E-state index contributed by atoms with van der Waals surface area (Å²) in [5.41, 5.74) is 0. The summed E-state index contributed by atoms with van der Waals surface area (Å²) in [7, 11) is -3.72. The number of carbonyl (C=O) groups excluding carboxylic acids is 1. The normalized spacial score (nSPS) is 20.7. The van der Waals surface area contributed by atoms with Crippen molar-refractivity contribution in [3.63, 3.8) is 0 Å². The Morgan fingerprint density at radius 2 is 1.96 bits per heavy atom. The van der Waals surface area contributed by atoms with Crippen molar-refractivity contribution in [3.8, 4) is 0 Å². The quantitative estimate of drug-likeness (QED) is 0.490. The van der Waals surface area contributed by atoms with Gasteiger partial charge in [-0.25, -0.2) is 13.1 Å². The van der Waals surface area contributed by atoms with Gasteiger partial charge in [-0.05, 0) is 49.9 Å². The average Bonchev–Trinajstić information content (AvgIpc) is 2.90. The monoisotopic (exact) mass is 399 g/mol. The number of carboxylic acids is 1. The highest BCUT2D eigenvalue weighted by atomic mass is 35.5. The molecule has 2 N–H and O–H groups in total. The summed E-state index contributed by atoms with van der Waals surface area (Å²) >= 11 is 5.78. The minimum atomic E-state index is -3.72. The summed E-state index contributed by atoms with van der Waals surface area (Å²) in [5.74, 6) is -1.18. The molecular formula is C18H22ClNO5S. The molecule has 1 saturated carbocycles. The van der Waals surface area contributed by atoms with Crippen molar-refractivity contribution in [1.29, 1.82) is 0 Å². The Hall–Kier alpha value is -1.70. The molecule has 6 nitrogen and oxygen atoms in total. The number of unbranched alkanes of at least 4 members (excludes halogenated alkanes) is 1. The molecular weight excluding hydrogens is 378 g/mol. The standard InChI is InChI=1S/C18H22ClNO5S/c19-13-7-9-14(10-8-13)26(24,25)20-16-11-12-17(21)15(16)5-3-1-2-4-6-18(22)23/h1,3,7-10,15-16,20H,2,4-6,11-12H2,(H,22,23)/b3-1-/t15-,16+/m1/s1. The van der Waals surface area contributed by atoms with Crippen molar-refractivity contribution in [2.24, 2.45) is 5.92 Å². The van der Waals surface area contributed by atoms with Gasteiger partial charge in [0.15, 0.2) is 0 Å². The van der Waals surface area contributed by atoms with Gasteiger partial charge >= 0.3 is 5.97 Å². The van der Waals surface area contributed by atoms with E-state index in [0.717, 1.165) is 0 Å². The summed E-state index contributed by atoms with van der Waals surface area (Å²) in [6.07, 6.45) is 6.22. The smallest absolute Gasteiger partial charge is 0.303 e. The first-order valence-electron chi connectivity index (χ1n) is 8.47. The molecule has 1 fully saturated rings. The average molecular weight is 400 g/mol. The predicted octanol–water partition coefficient (Wildman–Crippen LogP) is 3.17. The molecule has 1 aliphatic rings. The van der Waals surface area contributed by atoms with Gasteiger partial charge in [-0.3, -0.25) is 9.59 Å². The Morgan fingerprint density at radius 3 is 2.62 bits per heavy atom. The zero-order valence-corrected chi connectivity index (χ0v) is 15.8. The molecule has 0 amide bonds. The molecule has 0 bridgehead atoms. The van der Waals surface area contributed by atoms with Crippen LogP contribution in [0.1, 0.15) is 38.5 Å². The van der Waals surface area contributed by atoms with E-state index >= 15 is 0 Å². The number of hydrogen-bond donors (Lipinski definition) is 2. The number of sulfonamides is 1. The summed E-state index contributed by atoms with van der Waals surface area (Å²) in [6.45, 7) is 0. The van der Waals surface area contributed by atoms with Gasteiger partial charge in [-0.1, -0.05) is 23.8 Å². The molecule has 0 heterocycles. The second-order valence-electron chi connectivity index (χ2n) is 6.29. The van der Waals surface area contributed by atoms with Crippen LogP contribution in [0, 0.1) is 5.92 Å². The highest BCUT2D eigenvalue weighted by molar-refractivity contribution is 7.89. The predicted molar refractivity (Wildman–Crippen MR) is 98.5 cm³/mol. The maximum Gasteiger partial charge on any atom is 0.303 e. The fourth-order valence-electron chi connectivity index (χ4n) is 2.96. The number of carbonyl (C=O) groups is 2. The van der Waals surface area contributed by atoms with Gasteiger partial charge < -0.3 is 5.11 Å². The van der Waals surface area contributed by atoms with Crippen LogP contribution in [0.15, 0.2) is 41.3 Å². The number of benzene rings is 1. The van der Waals surface area contributed by atoms with Crippen LogP contribution in [0.5, 0.6) is 0 Å². The molecule has 142 valence electrons. The number of carboxylic acid groups (broad SMARTS) is 1. The van der Waals surface area contributed by atoms with Crippen molar-refractivity contribution >= 4 is 33.4 Å². The lowest BCUT2D eigenvalue weighted by Crippen LogP contribution is -2.38. The van der Waals surface area contributed by atoms with Crippen molar-refractivity contribution in [1.82, 2.24) is 4.72 Å². The molecule has 1 aromatic rings. The molecule has 26 heavy (non-hydrogen) atoms. The fraction of sp³-hybridized carbons (Fsp3) is 0.444. The molecule has 1 aliphatic carbocycles. The summed E-state index contributed by atoms with van der Waals surface area (Å²) < 4.78 is 27.6. The topological polar surface area (TPSA) is 101 Å². The van der Waals surface area contributed by atoms with E-state index in [9.17, 15) is 18.0 Å². The third kappa shape index (κ3) is 5.93. The van der Waals surface area contributed by atoms with Crippen LogP contribution in [0.3, 0.4) is 0 Å². The number of aliphatic carboxylic acids is 1. The van der Waals surface area contributed by atoms with Crippen LogP contribution in [-0.2, 0) is 19.6 Å². The van der Waals surface area contributed by atoms with E-state index in [1.165, 1.54) is 24.3 Å². The Kier molecular flexibility index (Phi) is 7.37. The van der Waals surface area contributed by atoms with Gasteiger partial charge in [-0.15, -0.1) is 0 Å². The highest BCUT2D eigenvalue weighted by Gasteiger charge is 2.36. The molecule has 0 spiro atoms. The van der Waals surface area contributed by atoms with Crippen LogP contribution >= 0.6 is 11.6 Å². The number of allylic oxidation sites excluding steroid dienone is 2. The van der Waals surface area contributed by atoms with E-state index < -0.39 is 28.0 Å². The number of nitrogens with one attached hydrogen (secondary N) is 1. The van der Waals surface area contributed by atoms with Crippen molar-refractivity contribution in [2.45, 2.75) is 49.5 Å². The van der Waals surface area contributed by atoms with Crippen LogP contribution in [0.2, 0.25) is 5.02 Å². The number of hydrogen-bond acceptors (Lipinski definition) is 4. The van der Waals surface area contributed by atoms with E-state index in [-0.39, 0.29) is 17.1 Å². The van der Waals surface area contributed by atoms with E-state index in [0.29, 0.717) is 37.1 Å². The lowest BCUT2D eigenvalue weighted by Gasteiger charge is -2.18. The van der Waals surface area contributed by atoms with E-state index in [1.54, 1.807) is 0 Å². The molecule has 2 rings (SSSR count). The zero-order chi connectivity index (χ0) is 19.2. The van der Waals surface area contributed by atoms with Crippen LogP contribution in [-0.4, -0.2) is 31.3 Å². The largest absolute Gasteiger partial charge is 0.481 e. The molecule has 0 unspecified atom stereocenters. The Morgan fingerprint density at radius 1 is 1.27 bits per heavy atom. The van der Waals surface area contributed by atoms with Gasteiger partial charge in [0, 0.05) is 29.8 Å². The van der Waals surface area contributed by atoms with Crippen LogP contribution < -0.4 is 4.72 Å². The van der Waals surface area contributed by atoms with Gasteiger partial charge in [0.05, 0.1) is 4.90 Å². The van der Waals surface area contributed by atoms with Gasteiger partial charge in [0.2, 0.25) is 10.0 Å². The third-order valence-electron chi connectivity index (χ3n) is 4.35. The molecule has 0 aromatic heterocycles. The maximum atomic E-state index is 12.5. The lowest BCUT2D eigenvalue weighted by molar-refractivity contribution is -0.137. The number of ketones is 1. The van der Waals surface area contributed by atoms with Gasteiger partial charge in [0.1, 0.15) is 5.78 Å². The summed E-state index contributed by atoms with van der Waals surface area (Å²) in [4.78, 5) is 22.7. The van der Waals surface area contributed by atoms with E-state index in [2.05, 4.69) is 4.72 Å². The summed E-state index contributed by atoms with van der Waals surface area (Å²) in [6, 6.07) is 5.44. The summed E-state index contributed by atoms with van der Waals surface area (Å²) in [5, 5.41) is 9.04. The van der Waals surface area contributed by atoms with Gasteiger partial charge in [-0.2, -0.15) is 0 Å². The Labute approximate surface area is 158 Å². The Balaban J connectivity index is 1.95. The third-order valence-corrected chi connectivity index (χ3v) is 6.11. The first-order chi connectivity index (χ1) is 12.3. The minimum Gasteiger partial charge on any atom is -0.481 e. The van der Waals surface area contributed by atoms with E-state index in [4.69, 9.17) is 16.7 Å². The minimum absolute atomic E-state index is 0.0454. The maximum absolute atomic E-state index is 12.5. The van der Waals surface area contributed by atoms with E-state index in [1.807, 2.05) is 12.2 Å². The molecule has 8 heteroatoms. The number of Topliss-reactive ketones (excluding diaryl/α,β-unsaturated/α-hetero) is 1. The molecule has 0 saturated heterocycles. The molecule has 0 aliphatic heterocycles. The molecule has 0 radical (unpaired) electrons. The Bertz CT molecular complexity index is 773. The fourth-order valence-corrected chi connectivity index (χ4v) is 4.40. The first-order valence-corrected chi connectivity index (χ1v) is 10.3. The van der Waals surface area contributed by atoms with Crippen molar-refractivity contribution in [2.75, 3.05) is 0 Å². The first kappa shape index (κ1) is 20.6. The SMILES string of the molecule is O=C(O)CCC/C=C\C[C@H]1C(=O)CC[C@@H]1NS(=O)(=O)c1ccc(Cl)cc1. The lowest BCUT2D eigenvalue weighted by atomic mass is 9.99. The van der Waals surface area contributed by atoms with Gasteiger partial charge in [0.25, 0.3) is 0 Å². The second kappa shape index (κ2) is 9.30. The van der Waals surface area contributed by atoms with Crippen LogP contribution in [0.4, 0.5) is 0 Å². The number of halogens is 1. The molecule has 2 atom stereocenters. The van der Waals surface area contributed by atoms with Crippen molar-refractivity contribution < 1.29 is 23.1 Å². The highest BCUT2D eigenvalue weighted by Crippen LogP contribution is 2.27. The molecule has 1 aromatic carbocycles. The zero-order valence-electron chi connectivity index (χ0n) is 14.2. The van der Waals surface area contributed by atoms with Crippen LogP contribution in [0.25, 0.3) is 0 Å².